The molecule has 1 amide bonds. The van der Waals surface area contributed by atoms with Crippen molar-refractivity contribution in [1.29, 1.82) is 5.26 Å². The van der Waals surface area contributed by atoms with E-state index in [0.29, 0.717) is 23.6 Å². The van der Waals surface area contributed by atoms with Crippen molar-refractivity contribution in [3.63, 3.8) is 0 Å². The van der Waals surface area contributed by atoms with Crippen LogP contribution in [0.25, 0.3) is 0 Å². The van der Waals surface area contributed by atoms with Crippen molar-refractivity contribution in [2.45, 2.75) is 13.2 Å². The number of furan rings is 1. The highest BCUT2D eigenvalue weighted by molar-refractivity contribution is 5.91. The summed E-state index contributed by atoms with van der Waals surface area (Å²) in [7, 11) is 0. The van der Waals surface area contributed by atoms with E-state index >= 15 is 0 Å². The minimum Gasteiger partial charge on any atom is -0.484 e. The van der Waals surface area contributed by atoms with Gasteiger partial charge in [-0.05, 0) is 36.4 Å². The molecule has 0 fully saturated rings. The van der Waals surface area contributed by atoms with Crippen LogP contribution in [0.1, 0.15) is 27.6 Å². The van der Waals surface area contributed by atoms with Crippen LogP contribution in [0, 0.1) is 11.3 Å². The zero-order chi connectivity index (χ0) is 17.5. The van der Waals surface area contributed by atoms with E-state index in [1.54, 1.807) is 42.6 Å². The van der Waals surface area contributed by atoms with Crippen LogP contribution in [-0.4, -0.2) is 10.9 Å². The zero-order valence-corrected chi connectivity index (χ0v) is 13.3. The third-order valence-electron chi connectivity index (χ3n) is 3.42. The molecular formula is C19H15N3O3. The summed E-state index contributed by atoms with van der Waals surface area (Å²) in [6.07, 6.45) is 1.67. The second-order valence-electron chi connectivity index (χ2n) is 5.17. The van der Waals surface area contributed by atoms with Crippen LogP contribution in [0.4, 0.5) is 0 Å². The van der Waals surface area contributed by atoms with Gasteiger partial charge in [0.1, 0.15) is 24.2 Å². The van der Waals surface area contributed by atoms with Gasteiger partial charge < -0.3 is 14.5 Å². The number of carbonyl (C=O) groups excluding carboxylic acids is 1. The zero-order valence-electron chi connectivity index (χ0n) is 13.3. The molecule has 2 heterocycles. The standard InChI is InChI=1S/C19H15N3O3/c20-11-14-5-1-2-7-17(14)24-13-16-8-9-18(25-16)19(23)22-12-15-6-3-4-10-21-15/h1-10H,12-13H2,(H,22,23). The summed E-state index contributed by atoms with van der Waals surface area (Å²) >= 11 is 0. The fourth-order valence-corrected chi connectivity index (χ4v) is 2.17. The molecule has 3 aromatic rings. The van der Waals surface area contributed by atoms with Crippen LogP contribution < -0.4 is 10.1 Å². The lowest BCUT2D eigenvalue weighted by Gasteiger charge is -2.05. The molecular weight excluding hydrogens is 318 g/mol. The van der Waals surface area contributed by atoms with Crippen LogP contribution in [0.3, 0.4) is 0 Å². The predicted octanol–water partition coefficient (Wildman–Crippen LogP) is 3.06. The van der Waals surface area contributed by atoms with Gasteiger partial charge in [-0.1, -0.05) is 18.2 Å². The van der Waals surface area contributed by atoms with Gasteiger partial charge >= 0.3 is 0 Å². The topological polar surface area (TPSA) is 88.1 Å². The molecule has 0 atom stereocenters. The Morgan fingerprint density at radius 2 is 2.00 bits per heavy atom. The monoisotopic (exact) mass is 333 g/mol. The van der Waals surface area contributed by atoms with Crippen LogP contribution >= 0.6 is 0 Å². The average Bonchev–Trinajstić information content (AvgIpc) is 3.14. The number of hydrogen-bond acceptors (Lipinski definition) is 5. The number of carbonyl (C=O) groups is 1. The molecule has 1 aromatic carbocycles. The number of para-hydroxylation sites is 1. The number of pyridine rings is 1. The lowest BCUT2D eigenvalue weighted by atomic mass is 10.2. The molecule has 0 spiro atoms. The molecule has 124 valence electrons. The lowest BCUT2D eigenvalue weighted by Crippen LogP contribution is -2.22. The second-order valence-corrected chi connectivity index (χ2v) is 5.17. The summed E-state index contributed by atoms with van der Waals surface area (Å²) in [5, 5.41) is 11.8. The van der Waals surface area contributed by atoms with Gasteiger partial charge in [-0.2, -0.15) is 5.26 Å². The normalized spacial score (nSPS) is 10.0. The Bertz CT molecular complexity index is 898. The average molecular weight is 333 g/mol. The molecule has 1 N–H and O–H groups in total. The number of benzene rings is 1. The highest BCUT2D eigenvalue weighted by Crippen LogP contribution is 2.19. The largest absolute Gasteiger partial charge is 0.484 e. The molecule has 0 aliphatic rings. The van der Waals surface area contributed by atoms with Gasteiger partial charge in [0, 0.05) is 6.20 Å². The molecule has 25 heavy (non-hydrogen) atoms. The fraction of sp³-hybridized carbons (Fsp3) is 0.105. The summed E-state index contributed by atoms with van der Waals surface area (Å²) in [6, 6.07) is 17.8. The molecule has 0 aliphatic heterocycles. The quantitative estimate of drug-likeness (QED) is 0.749. The molecule has 0 unspecified atom stereocenters. The maximum Gasteiger partial charge on any atom is 0.287 e. The third-order valence-corrected chi connectivity index (χ3v) is 3.42. The van der Waals surface area contributed by atoms with E-state index in [-0.39, 0.29) is 18.3 Å². The molecule has 0 saturated heterocycles. The molecule has 0 saturated carbocycles. The number of nitrogens with one attached hydrogen (secondary N) is 1. The molecule has 6 heteroatoms. The number of nitrogens with zero attached hydrogens (tertiary/aromatic N) is 2. The number of amides is 1. The number of rotatable bonds is 6. The second kappa shape index (κ2) is 7.79. The van der Waals surface area contributed by atoms with Crippen molar-refractivity contribution in [2.24, 2.45) is 0 Å². The lowest BCUT2D eigenvalue weighted by molar-refractivity contribution is 0.0918. The molecule has 0 bridgehead atoms. The van der Waals surface area contributed by atoms with Gasteiger partial charge in [0.25, 0.3) is 5.91 Å². The van der Waals surface area contributed by atoms with Gasteiger partial charge in [-0.15, -0.1) is 0 Å². The minimum atomic E-state index is -0.325. The Labute approximate surface area is 144 Å². The first-order valence-corrected chi connectivity index (χ1v) is 7.65. The smallest absolute Gasteiger partial charge is 0.287 e. The first kappa shape index (κ1) is 16.3. The summed E-state index contributed by atoms with van der Waals surface area (Å²) in [5.74, 6) is 0.843. The number of nitriles is 1. The van der Waals surface area contributed by atoms with Crippen molar-refractivity contribution in [3.05, 3.63) is 83.6 Å². The number of ether oxygens (including phenoxy) is 1. The molecule has 2 aromatic heterocycles. The molecule has 0 aliphatic carbocycles. The van der Waals surface area contributed by atoms with E-state index in [1.165, 1.54) is 0 Å². The molecule has 0 radical (unpaired) electrons. The van der Waals surface area contributed by atoms with E-state index in [2.05, 4.69) is 16.4 Å². The SMILES string of the molecule is N#Cc1ccccc1OCc1ccc(C(=O)NCc2ccccn2)o1. The predicted molar refractivity (Wildman–Crippen MR) is 89.6 cm³/mol. The van der Waals surface area contributed by atoms with E-state index in [1.807, 2.05) is 18.2 Å². The summed E-state index contributed by atoms with van der Waals surface area (Å²) in [5.41, 5.74) is 1.21. The van der Waals surface area contributed by atoms with Gasteiger partial charge in [-0.25, -0.2) is 0 Å². The first-order valence-electron chi connectivity index (χ1n) is 7.65. The van der Waals surface area contributed by atoms with E-state index < -0.39 is 0 Å². The van der Waals surface area contributed by atoms with Gasteiger partial charge in [0.15, 0.2) is 5.76 Å². The van der Waals surface area contributed by atoms with Crippen molar-refractivity contribution < 1.29 is 13.9 Å². The Balaban J connectivity index is 1.57. The van der Waals surface area contributed by atoms with Crippen molar-refractivity contribution in [3.8, 4) is 11.8 Å². The van der Waals surface area contributed by atoms with E-state index in [4.69, 9.17) is 14.4 Å². The summed E-state index contributed by atoms with van der Waals surface area (Å²) in [6.45, 7) is 0.452. The molecule has 3 rings (SSSR count). The molecule has 6 nitrogen and oxygen atoms in total. The van der Waals surface area contributed by atoms with Gasteiger partial charge in [-0.3, -0.25) is 9.78 Å². The van der Waals surface area contributed by atoms with Gasteiger partial charge in [0.2, 0.25) is 0 Å². The maximum absolute atomic E-state index is 12.1. The van der Waals surface area contributed by atoms with E-state index in [0.717, 1.165) is 5.69 Å². The fourth-order valence-electron chi connectivity index (χ4n) is 2.17. The van der Waals surface area contributed by atoms with Crippen molar-refractivity contribution >= 4 is 5.91 Å². The number of aromatic nitrogens is 1. The van der Waals surface area contributed by atoms with Crippen molar-refractivity contribution in [2.75, 3.05) is 0 Å². The highest BCUT2D eigenvalue weighted by atomic mass is 16.5. The Hall–Kier alpha value is -3.59. The van der Waals surface area contributed by atoms with Crippen molar-refractivity contribution in [1.82, 2.24) is 10.3 Å². The highest BCUT2D eigenvalue weighted by Gasteiger charge is 2.12. The first-order chi connectivity index (χ1) is 12.3. The van der Waals surface area contributed by atoms with Crippen LogP contribution in [0.5, 0.6) is 5.75 Å². The number of hydrogen-bond donors (Lipinski definition) is 1. The Morgan fingerprint density at radius 1 is 1.16 bits per heavy atom. The van der Waals surface area contributed by atoms with E-state index in [9.17, 15) is 4.79 Å². The van der Waals surface area contributed by atoms with Gasteiger partial charge in [0.05, 0.1) is 17.8 Å². The Morgan fingerprint density at radius 3 is 2.80 bits per heavy atom. The van der Waals surface area contributed by atoms with Crippen LogP contribution in [0.2, 0.25) is 0 Å². The third kappa shape index (κ3) is 4.24. The van der Waals surface area contributed by atoms with Crippen LogP contribution in [0.15, 0.2) is 65.2 Å². The maximum atomic E-state index is 12.1. The minimum absolute atomic E-state index is 0.131. The van der Waals surface area contributed by atoms with Crippen LogP contribution in [-0.2, 0) is 13.2 Å². The summed E-state index contributed by atoms with van der Waals surface area (Å²) in [4.78, 5) is 16.2. The Kier molecular flexibility index (Phi) is 5.07. The summed E-state index contributed by atoms with van der Waals surface area (Å²) < 4.78 is 11.1.